The topological polar surface area (TPSA) is 67.6 Å². The molecule has 0 aromatic carbocycles. The van der Waals surface area contributed by atoms with E-state index in [-0.39, 0.29) is 24.2 Å². The van der Waals surface area contributed by atoms with Gasteiger partial charge in [0.2, 0.25) is 0 Å². The Hall–Kier alpha value is -0.650. The number of nitrogens with one attached hydrogen (secondary N) is 1. The number of hydrogen-bond donors (Lipinski definition) is 2. The maximum atomic E-state index is 11.7. The van der Waals surface area contributed by atoms with E-state index in [4.69, 9.17) is 10.6 Å². The van der Waals surface area contributed by atoms with Crippen molar-refractivity contribution in [1.82, 2.24) is 10.3 Å². The van der Waals surface area contributed by atoms with E-state index in [1.165, 1.54) is 0 Å². The van der Waals surface area contributed by atoms with Crippen LogP contribution in [0.5, 0.6) is 0 Å². The van der Waals surface area contributed by atoms with Crippen LogP contribution in [-0.4, -0.2) is 42.1 Å². The number of morpholine rings is 1. The largest absolute Gasteiger partial charge is 0.373 e. The molecule has 1 saturated heterocycles. The van der Waals surface area contributed by atoms with Crippen LogP contribution in [-0.2, 0) is 9.53 Å². The quantitative estimate of drug-likeness (QED) is 0.412. The Morgan fingerprint density at radius 2 is 2.06 bits per heavy atom. The molecule has 0 aromatic rings. The van der Waals surface area contributed by atoms with E-state index < -0.39 is 0 Å². The Morgan fingerprint density at radius 1 is 1.50 bits per heavy atom. The van der Waals surface area contributed by atoms with E-state index >= 15 is 0 Å². The fourth-order valence-electron chi connectivity index (χ4n) is 2.32. The summed E-state index contributed by atoms with van der Waals surface area (Å²) in [5.74, 6) is 5.13. The van der Waals surface area contributed by atoms with Crippen molar-refractivity contribution < 1.29 is 9.53 Å². The summed E-state index contributed by atoms with van der Waals surface area (Å²) in [5.41, 5.74) is 2.26. The number of nitrogens with two attached hydrogens (primary N) is 1. The van der Waals surface area contributed by atoms with Crippen molar-refractivity contribution in [3.8, 4) is 0 Å². The van der Waals surface area contributed by atoms with Gasteiger partial charge in [0.15, 0.2) is 0 Å². The SMILES string of the molecule is CCCC(C(=O)NN)N1CC(C)OC(C)C1. The summed E-state index contributed by atoms with van der Waals surface area (Å²) in [6, 6.07) is -0.121. The standard InChI is InChI=1S/C11H23N3O2/c1-4-5-10(11(15)13-12)14-6-8(2)16-9(3)7-14/h8-10H,4-7,12H2,1-3H3,(H,13,15). The fraction of sp³-hybridized carbons (Fsp3) is 0.909. The van der Waals surface area contributed by atoms with Crippen LogP contribution in [0.1, 0.15) is 33.6 Å². The van der Waals surface area contributed by atoms with E-state index in [1.807, 2.05) is 13.8 Å². The number of carbonyl (C=O) groups is 1. The second kappa shape index (κ2) is 6.18. The van der Waals surface area contributed by atoms with Gasteiger partial charge in [-0.2, -0.15) is 0 Å². The summed E-state index contributed by atoms with van der Waals surface area (Å²) in [6.07, 6.45) is 2.16. The highest BCUT2D eigenvalue weighted by Gasteiger charge is 2.31. The van der Waals surface area contributed by atoms with Gasteiger partial charge in [0.1, 0.15) is 0 Å². The molecule has 1 aliphatic rings. The lowest BCUT2D eigenvalue weighted by molar-refractivity contribution is -0.133. The highest BCUT2D eigenvalue weighted by Crippen LogP contribution is 2.16. The summed E-state index contributed by atoms with van der Waals surface area (Å²) in [4.78, 5) is 13.9. The molecule has 0 radical (unpaired) electrons. The van der Waals surface area contributed by atoms with Crippen LogP contribution in [0.3, 0.4) is 0 Å². The second-order valence-electron chi connectivity index (χ2n) is 4.52. The molecular weight excluding hydrogens is 206 g/mol. The first kappa shape index (κ1) is 13.4. The Kier molecular flexibility index (Phi) is 5.18. The second-order valence-corrected chi connectivity index (χ2v) is 4.52. The average molecular weight is 229 g/mol. The van der Waals surface area contributed by atoms with Crippen LogP contribution >= 0.6 is 0 Å². The van der Waals surface area contributed by atoms with Gasteiger partial charge in [-0.25, -0.2) is 5.84 Å². The molecule has 0 aliphatic carbocycles. The Labute approximate surface area is 97.3 Å². The molecule has 1 amide bonds. The number of amides is 1. The number of ether oxygens (including phenoxy) is 1. The van der Waals surface area contributed by atoms with Gasteiger partial charge in [-0.3, -0.25) is 15.1 Å². The number of rotatable bonds is 4. The number of hydrazine groups is 1. The smallest absolute Gasteiger partial charge is 0.251 e. The zero-order valence-corrected chi connectivity index (χ0v) is 10.4. The fourth-order valence-corrected chi connectivity index (χ4v) is 2.32. The molecule has 1 aliphatic heterocycles. The zero-order valence-electron chi connectivity index (χ0n) is 10.4. The Morgan fingerprint density at radius 3 is 2.50 bits per heavy atom. The van der Waals surface area contributed by atoms with Crippen molar-refractivity contribution in [2.75, 3.05) is 13.1 Å². The maximum Gasteiger partial charge on any atom is 0.251 e. The van der Waals surface area contributed by atoms with Gasteiger partial charge in [0.05, 0.1) is 18.2 Å². The minimum absolute atomic E-state index is 0.0943. The highest BCUT2D eigenvalue weighted by atomic mass is 16.5. The van der Waals surface area contributed by atoms with E-state index in [0.29, 0.717) is 0 Å². The minimum Gasteiger partial charge on any atom is -0.373 e. The summed E-state index contributed by atoms with van der Waals surface area (Å²) < 4.78 is 5.65. The van der Waals surface area contributed by atoms with Gasteiger partial charge in [0, 0.05) is 13.1 Å². The molecule has 5 heteroatoms. The molecule has 94 valence electrons. The molecular formula is C11H23N3O2. The average Bonchev–Trinajstić information content (AvgIpc) is 2.23. The molecule has 1 fully saturated rings. The summed E-state index contributed by atoms with van der Waals surface area (Å²) in [5, 5.41) is 0. The maximum absolute atomic E-state index is 11.7. The van der Waals surface area contributed by atoms with Crippen molar-refractivity contribution in [2.24, 2.45) is 5.84 Å². The van der Waals surface area contributed by atoms with Crippen LogP contribution in [0, 0.1) is 0 Å². The first-order valence-electron chi connectivity index (χ1n) is 5.98. The van der Waals surface area contributed by atoms with Crippen LogP contribution in [0.2, 0.25) is 0 Å². The summed E-state index contributed by atoms with van der Waals surface area (Å²) >= 11 is 0. The first-order chi connectivity index (χ1) is 7.58. The van der Waals surface area contributed by atoms with E-state index in [9.17, 15) is 4.79 Å². The van der Waals surface area contributed by atoms with Crippen LogP contribution in [0.25, 0.3) is 0 Å². The van der Waals surface area contributed by atoms with Gasteiger partial charge in [-0.1, -0.05) is 13.3 Å². The summed E-state index contributed by atoms with van der Waals surface area (Å²) in [6.45, 7) is 7.73. The monoisotopic (exact) mass is 229 g/mol. The lowest BCUT2D eigenvalue weighted by atomic mass is 10.1. The van der Waals surface area contributed by atoms with E-state index in [1.54, 1.807) is 0 Å². The van der Waals surface area contributed by atoms with Gasteiger partial charge in [-0.15, -0.1) is 0 Å². The van der Waals surface area contributed by atoms with Crippen molar-refractivity contribution in [3.63, 3.8) is 0 Å². The van der Waals surface area contributed by atoms with Gasteiger partial charge in [0.25, 0.3) is 5.91 Å². The Balaban J connectivity index is 2.65. The Bertz CT molecular complexity index is 225. The van der Waals surface area contributed by atoms with Crippen LogP contribution in [0.15, 0.2) is 0 Å². The minimum atomic E-state index is -0.121. The van der Waals surface area contributed by atoms with Gasteiger partial charge < -0.3 is 4.74 Å². The normalized spacial score (nSPS) is 28.8. The van der Waals surface area contributed by atoms with Crippen molar-refractivity contribution >= 4 is 5.91 Å². The predicted octanol–water partition coefficient (Wildman–Crippen LogP) is 0.254. The molecule has 3 N–H and O–H groups in total. The molecule has 5 nitrogen and oxygen atoms in total. The molecule has 0 saturated carbocycles. The summed E-state index contributed by atoms with van der Waals surface area (Å²) in [7, 11) is 0. The van der Waals surface area contributed by atoms with Crippen LogP contribution in [0.4, 0.5) is 0 Å². The number of hydrogen-bond acceptors (Lipinski definition) is 4. The van der Waals surface area contributed by atoms with Crippen molar-refractivity contribution in [1.29, 1.82) is 0 Å². The molecule has 1 heterocycles. The van der Waals surface area contributed by atoms with E-state index in [2.05, 4.69) is 17.2 Å². The lowest BCUT2D eigenvalue weighted by Gasteiger charge is -2.39. The molecule has 3 atom stereocenters. The van der Waals surface area contributed by atoms with E-state index in [0.717, 1.165) is 25.9 Å². The molecule has 0 aromatic heterocycles. The molecule has 3 unspecified atom stereocenters. The van der Waals surface area contributed by atoms with Crippen molar-refractivity contribution in [3.05, 3.63) is 0 Å². The number of carbonyl (C=O) groups excluding carboxylic acids is 1. The predicted molar refractivity (Wildman–Crippen MR) is 62.6 cm³/mol. The third-order valence-electron chi connectivity index (χ3n) is 2.90. The van der Waals surface area contributed by atoms with Gasteiger partial charge >= 0.3 is 0 Å². The molecule has 16 heavy (non-hydrogen) atoms. The molecule has 0 spiro atoms. The molecule has 1 rings (SSSR count). The third-order valence-corrected chi connectivity index (χ3v) is 2.90. The lowest BCUT2D eigenvalue weighted by Crippen LogP contribution is -2.56. The molecule has 0 bridgehead atoms. The highest BCUT2D eigenvalue weighted by molar-refractivity contribution is 5.81. The number of nitrogens with zero attached hydrogens (tertiary/aromatic N) is 1. The zero-order chi connectivity index (χ0) is 12.1. The van der Waals surface area contributed by atoms with Gasteiger partial charge in [-0.05, 0) is 20.3 Å². The van der Waals surface area contributed by atoms with Crippen molar-refractivity contribution in [2.45, 2.75) is 51.9 Å². The third kappa shape index (κ3) is 3.43. The first-order valence-corrected chi connectivity index (χ1v) is 5.98. The van der Waals surface area contributed by atoms with Crippen LogP contribution < -0.4 is 11.3 Å².